The maximum atomic E-state index is 13.3. The zero-order valence-corrected chi connectivity index (χ0v) is 26.0. The van der Waals surface area contributed by atoms with Gasteiger partial charge in [-0.2, -0.15) is 4.98 Å². The Balaban J connectivity index is 1.19. The molecule has 0 spiro atoms. The summed E-state index contributed by atoms with van der Waals surface area (Å²) < 4.78 is 0. The Bertz CT molecular complexity index is 1760. The van der Waals surface area contributed by atoms with E-state index in [0.29, 0.717) is 62.6 Å². The van der Waals surface area contributed by atoms with E-state index < -0.39 is 0 Å². The summed E-state index contributed by atoms with van der Waals surface area (Å²) in [7, 11) is 2.14. The molecule has 1 saturated carbocycles. The number of halogens is 2. The molecule has 0 radical (unpaired) electrons. The molecule has 1 saturated heterocycles. The van der Waals surface area contributed by atoms with Gasteiger partial charge in [0.25, 0.3) is 11.5 Å². The van der Waals surface area contributed by atoms with Crippen molar-refractivity contribution in [1.29, 1.82) is 0 Å². The van der Waals surface area contributed by atoms with Gasteiger partial charge in [0, 0.05) is 73.9 Å². The number of H-pyrrole nitrogens is 1. The van der Waals surface area contributed by atoms with E-state index in [1.165, 1.54) is 0 Å². The Morgan fingerprint density at radius 3 is 2.68 bits per heavy atom. The van der Waals surface area contributed by atoms with Crippen molar-refractivity contribution < 1.29 is 4.79 Å². The number of piperazine rings is 1. The smallest absolute Gasteiger partial charge is 0.258 e. The number of likely N-dealkylation sites (N-methyl/N-ethyl adjacent to an activating group) is 1. The third-order valence-corrected chi connectivity index (χ3v) is 8.49. The monoisotopic (exact) mass is 632 g/mol. The van der Waals surface area contributed by atoms with Gasteiger partial charge in [0.2, 0.25) is 5.95 Å². The molecule has 10 nitrogen and oxygen atoms in total. The second kappa shape index (κ2) is 13.4. The van der Waals surface area contributed by atoms with Crippen molar-refractivity contribution >= 4 is 57.5 Å². The number of carbonyl (C=O) groups is 1. The van der Waals surface area contributed by atoms with Crippen molar-refractivity contribution in [2.24, 2.45) is 10.9 Å². The molecule has 0 atom stereocenters. The molecule has 4 aromatic rings. The molecule has 0 bridgehead atoms. The van der Waals surface area contributed by atoms with Gasteiger partial charge in [-0.1, -0.05) is 35.3 Å². The lowest BCUT2D eigenvalue weighted by Gasteiger charge is -2.32. The second-order valence-electron chi connectivity index (χ2n) is 11.3. The van der Waals surface area contributed by atoms with E-state index in [1.54, 1.807) is 42.6 Å². The SMILES string of the molecule is CN1CCN(CCNc2ncc3cc(C(=Nc4cc(C(=O)NCc5cccc(Cl)c5)ccc4Cl)C4CC4)c(=O)[nH]c3n2)CC1. The lowest BCUT2D eigenvalue weighted by molar-refractivity contribution is 0.0951. The Morgan fingerprint density at radius 1 is 1.09 bits per heavy atom. The number of benzene rings is 2. The highest BCUT2D eigenvalue weighted by atomic mass is 35.5. The lowest BCUT2D eigenvalue weighted by atomic mass is 10.1. The van der Waals surface area contributed by atoms with Crippen LogP contribution < -0.4 is 16.2 Å². The van der Waals surface area contributed by atoms with Crippen molar-refractivity contribution in [3.05, 3.63) is 91.8 Å². The van der Waals surface area contributed by atoms with Gasteiger partial charge in [0.05, 0.1) is 22.0 Å². The van der Waals surface area contributed by atoms with Gasteiger partial charge in [-0.25, -0.2) is 4.98 Å². The highest BCUT2D eigenvalue weighted by Gasteiger charge is 2.31. The molecule has 1 aliphatic carbocycles. The minimum Gasteiger partial charge on any atom is -0.353 e. The zero-order valence-electron chi connectivity index (χ0n) is 24.4. The number of aliphatic imine (C=N–C) groups is 1. The molecule has 2 fully saturated rings. The number of nitrogens with zero attached hydrogens (tertiary/aromatic N) is 5. The van der Waals surface area contributed by atoms with E-state index in [4.69, 9.17) is 28.2 Å². The summed E-state index contributed by atoms with van der Waals surface area (Å²) in [4.78, 5) is 47.8. The number of fused-ring (bicyclic) bond motifs is 1. The van der Waals surface area contributed by atoms with E-state index in [0.717, 1.165) is 51.1 Å². The van der Waals surface area contributed by atoms with Crippen molar-refractivity contribution in [3.63, 3.8) is 0 Å². The normalized spacial score (nSPS) is 16.3. The number of amides is 1. The number of pyridine rings is 1. The van der Waals surface area contributed by atoms with Crippen LogP contribution in [-0.4, -0.2) is 82.7 Å². The highest BCUT2D eigenvalue weighted by Crippen LogP contribution is 2.36. The maximum Gasteiger partial charge on any atom is 0.258 e. The fourth-order valence-corrected chi connectivity index (χ4v) is 5.57. The number of anilines is 1. The van der Waals surface area contributed by atoms with Crippen LogP contribution in [0.5, 0.6) is 0 Å². The van der Waals surface area contributed by atoms with E-state index in [1.807, 2.05) is 12.1 Å². The Labute approximate surface area is 265 Å². The van der Waals surface area contributed by atoms with Gasteiger partial charge in [-0.15, -0.1) is 0 Å². The van der Waals surface area contributed by atoms with Crippen LogP contribution in [0.15, 0.2) is 64.5 Å². The summed E-state index contributed by atoms with van der Waals surface area (Å²) in [5.74, 6) is 0.337. The average Bonchev–Trinajstić information content (AvgIpc) is 3.86. The summed E-state index contributed by atoms with van der Waals surface area (Å²) >= 11 is 12.6. The highest BCUT2D eigenvalue weighted by molar-refractivity contribution is 6.33. The molecule has 1 amide bonds. The molecule has 228 valence electrons. The van der Waals surface area contributed by atoms with E-state index in [9.17, 15) is 9.59 Å². The van der Waals surface area contributed by atoms with Gasteiger partial charge in [-0.05, 0) is 61.9 Å². The number of aromatic amines is 1. The molecular weight excluding hydrogens is 599 g/mol. The number of nitrogens with one attached hydrogen (secondary N) is 3. The Morgan fingerprint density at radius 2 is 1.91 bits per heavy atom. The number of hydrogen-bond donors (Lipinski definition) is 3. The molecule has 44 heavy (non-hydrogen) atoms. The van der Waals surface area contributed by atoms with Crippen molar-refractivity contribution in [2.75, 3.05) is 51.6 Å². The number of aromatic nitrogens is 3. The van der Waals surface area contributed by atoms with Crippen LogP contribution in [-0.2, 0) is 6.54 Å². The van der Waals surface area contributed by atoms with Crippen molar-refractivity contribution in [1.82, 2.24) is 30.1 Å². The second-order valence-corrected chi connectivity index (χ2v) is 12.2. The van der Waals surface area contributed by atoms with Gasteiger partial charge in [-0.3, -0.25) is 19.5 Å². The summed E-state index contributed by atoms with van der Waals surface area (Å²) in [5, 5.41) is 7.89. The van der Waals surface area contributed by atoms with Gasteiger partial charge in [0.15, 0.2) is 0 Å². The third-order valence-electron chi connectivity index (χ3n) is 7.93. The topological polar surface area (TPSA) is 119 Å². The number of carbonyl (C=O) groups excluding carboxylic acids is 1. The fraction of sp³-hybridized carbons (Fsp3) is 0.344. The minimum absolute atomic E-state index is 0.126. The van der Waals surface area contributed by atoms with E-state index >= 15 is 0 Å². The zero-order chi connectivity index (χ0) is 30.6. The molecule has 2 aromatic carbocycles. The van der Waals surface area contributed by atoms with Crippen LogP contribution in [0.25, 0.3) is 11.0 Å². The molecule has 3 N–H and O–H groups in total. The molecule has 6 rings (SSSR count). The van der Waals surface area contributed by atoms with Crippen LogP contribution >= 0.6 is 23.2 Å². The standard InChI is InChI=1S/C32H34Cl2N8O2/c1-41-11-13-42(14-12-41)10-9-35-32-37-19-23-16-25(31(44)39-29(23)40-32)28(21-5-6-21)38-27-17-22(7-8-26(27)34)30(43)36-18-20-3-2-4-24(33)15-20/h2-4,7-8,15-17,19,21H,5-6,9-14,18H2,1H3,(H,36,43)(H2,35,37,39,40,44). The predicted molar refractivity (Wildman–Crippen MR) is 176 cm³/mol. The third kappa shape index (κ3) is 7.44. The predicted octanol–water partition coefficient (Wildman–Crippen LogP) is 4.75. The summed E-state index contributed by atoms with van der Waals surface area (Å²) in [6.45, 7) is 6.18. The lowest BCUT2D eigenvalue weighted by Crippen LogP contribution is -2.45. The number of hydrogen-bond acceptors (Lipinski definition) is 8. The number of rotatable bonds is 10. The average molecular weight is 634 g/mol. The molecule has 2 aromatic heterocycles. The van der Waals surface area contributed by atoms with E-state index in [-0.39, 0.29) is 17.4 Å². The fourth-order valence-electron chi connectivity index (χ4n) is 5.19. The molecule has 0 unspecified atom stereocenters. The molecule has 2 aliphatic rings. The molecular formula is C32H34Cl2N8O2. The van der Waals surface area contributed by atoms with Gasteiger partial charge in [0.1, 0.15) is 5.65 Å². The van der Waals surface area contributed by atoms with Gasteiger partial charge >= 0.3 is 0 Å². The molecule has 1 aliphatic heterocycles. The summed E-state index contributed by atoms with van der Waals surface area (Å²) in [6.07, 6.45) is 3.54. The van der Waals surface area contributed by atoms with Gasteiger partial charge < -0.3 is 20.5 Å². The first-order chi connectivity index (χ1) is 21.3. The van der Waals surface area contributed by atoms with E-state index in [2.05, 4.69) is 42.4 Å². The van der Waals surface area contributed by atoms with Crippen LogP contribution in [0, 0.1) is 5.92 Å². The van der Waals surface area contributed by atoms with Crippen LogP contribution in [0.3, 0.4) is 0 Å². The van der Waals surface area contributed by atoms with Crippen LogP contribution in [0.2, 0.25) is 10.0 Å². The quantitative estimate of drug-likeness (QED) is 0.216. The first-order valence-corrected chi connectivity index (χ1v) is 15.5. The minimum atomic E-state index is -0.281. The first-order valence-electron chi connectivity index (χ1n) is 14.8. The van der Waals surface area contributed by atoms with Crippen LogP contribution in [0.4, 0.5) is 11.6 Å². The van der Waals surface area contributed by atoms with Crippen LogP contribution in [0.1, 0.15) is 34.3 Å². The van der Waals surface area contributed by atoms with Crippen molar-refractivity contribution in [2.45, 2.75) is 19.4 Å². The largest absolute Gasteiger partial charge is 0.353 e. The van der Waals surface area contributed by atoms with Crippen molar-refractivity contribution in [3.8, 4) is 0 Å². The molecule has 12 heteroatoms. The Hall–Kier alpha value is -3.83. The maximum absolute atomic E-state index is 13.3. The molecule has 3 heterocycles. The summed E-state index contributed by atoms with van der Waals surface area (Å²) in [5.41, 5.74) is 3.01. The Kier molecular flexibility index (Phi) is 9.22. The first kappa shape index (κ1) is 30.2. The summed E-state index contributed by atoms with van der Waals surface area (Å²) in [6, 6.07) is 14.1.